The van der Waals surface area contributed by atoms with E-state index in [-0.39, 0.29) is 18.7 Å². The van der Waals surface area contributed by atoms with Gasteiger partial charge >= 0.3 is 0 Å². The zero-order chi connectivity index (χ0) is 17.8. The fraction of sp³-hybridized carbons (Fsp3) is 0.316. The molecular formula is C19H21ClN2O3. The Morgan fingerprint density at radius 1 is 1.24 bits per heavy atom. The molecule has 1 aliphatic heterocycles. The first-order valence-electron chi connectivity index (χ1n) is 8.20. The molecule has 3 rings (SSSR count). The molecule has 0 aromatic heterocycles. The van der Waals surface area contributed by atoms with Crippen LogP contribution in [-0.2, 0) is 6.42 Å². The molecule has 2 aromatic rings. The van der Waals surface area contributed by atoms with Crippen molar-refractivity contribution in [1.29, 1.82) is 0 Å². The number of carbonyl (C=O) groups is 1. The molecule has 1 heterocycles. The maximum absolute atomic E-state index is 13.0. The molecule has 5 nitrogen and oxygen atoms in total. The number of para-hydroxylation sites is 1. The molecule has 1 amide bonds. The highest BCUT2D eigenvalue weighted by atomic mass is 35.5. The van der Waals surface area contributed by atoms with E-state index in [2.05, 4.69) is 0 Å². The summed E-state index contributed by atoms with van der Waals surface area (Å²) in [5, 5.41) is 0.695. The molecule has 0 fully saturated rings. The quantitative estimate of drug-likeness (QED) is 0.859. The summed E-state index contributed by atoms with van der Waals surface area (Å²) >= 11 is 5.95. The summed E-state index contributed by atoms with van der Waals surface area (Å²) in [5.41, 5.74) is 7.39. The van der Waals surface area contributed by atoms with Crippen LogP contribution >= 0.6 is 11.6 Å². The summed E-state index contributed by atoms with van der Waals surface area (Å²) in [6.45, 7) is 0.642. The maximum atomic E-state index is 13.0. The van der Waals surface area contributed by atoms with Gasteiger partial charge in [-0.15, -0.1) is 0 Å². The van der Waals surface area contributed by atoms with E-state index in [0.29, 0.717) is 41.5 Å². The average molecular weight is 361 g/mol. The van der Waals surface area contributed by atoms with Gasteiger partial charge in [0, 0.05) is 18.1 Å². The molecule has 0 bridgehead atoms. The van der Waals surface area contributed by atoms with Crippen LogP contribution in [0.15, 0.2) is 42.5 Å². The Hall–Kier alpha value is -2.24. The van der Waals surface area contributed by atoms with Crippen LogP contribution in [0.25, 0.3) is 0 Å². The number of carbonyl (C=O) groups excluding carboxylic acids is 1. The second-order valence-electron chi connectivity index (χ2n) is 6.02. The first-order valence-corrected chi connectivity index (χ1v) is 8.58. The molecule has 1 aliphatic rings. The molecule has 132 valence electrons. The fourth-order valence-electron chi connectivity index (χ4n) is 2.97. The van der Waals surface area contributed by atoms with Gasteiger partial charge in [0.15, 0.2) is 11.5 Å². The summed E-state index contributed by atoms with van der Waals surface area (Å²) < 4.78 is 10.8. The molecule has 6 heteroatoms. The minimum absolute atomic E-state index is 0.0168. The minimum Gasteiger partial charge on any atom is -0.454 e. The Kier molecular flexibility index (Phi) is 5.46. The zero-order valence-corrected chi connectivity index (χ0v) is 14.8. The lowest BCUT2D eigenvalue weighted by Gasteiger charge is -2.28. The van der Waals surface area contributed by atoms with Crippen LogP contribution in [0.4, 0.5) is 0 Å². The first-order chi connectivity index (χ1) is 12.1. The zero-order valence-electron chi connectivity index (χ0n) is 14.1. The van der Waals surface area contributed by atoms with Crippen LogP contribution in [-0.4, -0.2) is 37.2 Å². The smallest absolute Gasteiger partial charge is 0.257 e. The molecule has 0 radical (unpaired) electrons. The van der Waals surface area contributed by atoms with E-state index >= 15 is 0 Å². The highest BCUT2D eigenvalue weighted by Crippen LogP contribution is 2.36. The second kappa shape index (κ2) is 7.76. The van der Waals surface area contributed by atoms with Crippen LogP contribution in [0.2, 0.25) is 5.02 Å². The number of ether oxygens (including phenoxy) is 2. The van der Waals surface area contributed by atoms with Gasteiger partial charge in [0.2, 0.25) is 6.79 Å². The third kappa shape index (κ3) is 3.89. The monoisotopic (exact) mass is 360 g/mol. The summed E-state index contributed by atoms with van der Waals surface area (Å²) in [7, 11) is 1.80. The summed E-state index contributed by atoms with van der Waals surface area (Å²) in [6.07, 6.45) is 1.42. The predicted molar refractivity (Wildman–Crippen MR) is 97.3 cm³/mol. The van der Waals surface area contributed by atoms with Crippen molar-refractivity contribution in [2.75, 3.05) is 20.4 Å². The van der Waals surface area contributed by atoms with E-state index < -0.39 is 0 Å². The fourth-order valence-corrected chi connectivity index (χ4v) is 3.10. The van der Waals surface area contributed by atoms with Crippen molar-refractivity contribution in [3.05, 3.63) is 58.6 Å². The Bertz CT molecular complexity index is 749. The van der Waals surface area contributed by atoms with Gasteiger partial charge in [0.05, 0.1) is 5.56 Å². The predicted octanol–water partition coefficient (Wildman–Crippen LogP) is 3.10. The van der Waals surface area contributed by atoms with Crippen molar-refractivity contribution in [3.63, 3.8) is 0 Å². The van der Waals surface area contributed by atoms with Gasteiger partial charge < -0.3 is 20.1 Å². The molecule has 2 N–H and O–H groups in total. The largest absolute Gasteiger partial charge is 0.454 e. The van der Waals surface area contributed by atoms with Crippen molar-refractivity contribution in [3.8, 4) is 11.5 Å². The summed E-state index contributed by atoms with van der Waals surface area (Å²) in [5.74, 6) is 1.01. The van der Waals surface area contributed by atoms with Gasteiger partial charge in [-0.3, -0.25) is 4.79 Å². The van der Waals surface area contributed by atoms with Crippen LogP contribution in [0.5, 0.6) is 11.5 Å². The maximum Gasteiger partial charge on any atom is 0.257 e. The molecule has 0 aliphatic carbocycles. The van der Waals surface area contributed by atoms with Crippen LogP contribution < -0.4 is 15.2 Å². The van der Waals surface area contributed by atoms with Gasteiger partial charge in [0.1, 0.15) is 0 Å². The van der Waals surface area contributed by atoms with Crippen LogP contribution in [0.3, 0.4) is 0 Å². The number of rotatable bonds is 6. The molecule has 0 spiro atoms. The third-order valence-electron chi connectivity index (χ3n) is 4.38. The standard InChI is InChI=1S/C19H21ClN2O3/c1-22(15(9-10-21)11-13-5-7-14(20)8-6-13)19(23)16-3-2-4-17-18(16)25-12-24-17/h2-8,15H,9-12,21H2,1H3. The lowest BCUT2D eigenvalue weighted by molar-refractivity contribution is 0.0720. The van der Waals surface area contributed by atoms with Crippen molar-refractivity contribution >= 4 is 17.5 Å². The minimum atomic E-state index is -0.102. The van der Waals surface area contributed by atoms with Crippen molar-refractivity contribution in [2.24, 2.45) is 5.73 Å². The number of likely N-dealkylation sites (N-methyl/N-ethyl adjacent to an activating group) is 1. The molecular weight excluding hydrogens is 340 g/mol. The number of fused-ring (bicyclic) bond motifs is 1. The molecule has 2 aromatic carbocycles. The summed E-state index contributed by atoms with van der Waals surface area (Å²) in [4.78, 5) is 14.7. The molecule has 1 unspecified atom stereocenters. The number of hydrogen-bond donors (Lipinski definition) is 1. The van der Waals surface area contributed by atoms with Crippen LogP contribution in [0.1, 0.15) is 22.3 Å². The van der Waals surface area contributed by atoms with Gasteiger partial charge in [-0.05, 0) is 49.2 Å². The Balaban J connectivity index is 1.80. The third-order valence-corrected chi connectivity index (χ3v) is 4.63. The molecule has 1 atom stereocenters. The molecule has 25 heavy (non-hydrogen) atoms. The van der Waals surface area contributed by atoms with E-state index in [9.17, 15) is 4.79 Å². The van der Waals surface area contributed by atoms with Crippen molar-refractivity contribution in [1.82, 2.24) is 4.90 Å². The van der Waals surface area contributed by atoms with E-state index in [1.165, 1.54) is 0 Å². The number of halogens is 1. The lowest BCUT2D eigenvalue weighted by atomic mass is 10.0. The average Bonchev–Trinajstić information content (AvgIpc) is 3.10. The number of amides is 1. The number of benzene rings is 2. The highest BCUT2D eigenvalue weighted by Gasteiger charge is 2.27. The Morgan fingerprint density at radius 2 is 2.00 bits per heavy atom. The Morgan fingerprint density at radius 3 is 2.72 bits per heavy atom. The Labute approximate surface area is 152 Å². The van der Waals surface area contributed by atoms with Crippen molar-refractivity contribution in [2.45, 2.75) is 18.9 Å². The van der Waals surface area contributed by atoms with E-state index in [4.69, 9.17) is 26.8 Å². The van der Waals surface area contributed by atoms with E-state index in [0.717, 1.165) is 5.56 Å². The van der Waals surface area contributed by atoms with Gasteiger partial charge in [0.25, 0.3) is 5.91 Å². The second-order valence-corrected chi connectivity index (χ2v) is 6.45. The highest BCUT2D eigenvalue weighted by molar-refractivity contribution is 6.30. The van der Waals surface area contributed by atoms with E-state index in [1.807, 2.05) is 24.3 Å². The SMILES string of the molecule is CN(C(=O)c1cccc2c1OCO2)C(CCN)Cc1ccc(Cl)cc1. The molecule has 0 saturated heterocycles. The number of nitrogens with zero attached hydrogens (tertiary/aromatic N) is 1. The van der Waals surface area contributed by atoms with Gasteiger partial charge in [-0.2, -0.15) is 0 Å². The molecule has 0 saturated carbocycles. The number of nitrogens with two attached hydrogens (primary N) is 1. The van der Waals surface area contributed by atoms with Gasteiger partial charge in [-0.25, -0.2) is 0 Å². The van der Waals surface area contributed by atoms with E-state index in [1.54, 1.807) is 30.1 Å². The van der Waals surface area contributed by atoms with Crippen molar-refractivity contribution < 1.29 is 14.3 Å². The van der Waals surface area contributed by atoms with Crippen LogP contribution in [0, 0.1) is 0 Å². The van der Waals surface area contributed by atoms with Gasteiger partial charge in [-0.1, -0.05) is 29.8 Å². The topological polar surface area (TPSA) is 64.8 Å². The first kappa shape index (κ1) is 17.6. The lowest BCUT2D eigenvalue weighted by Crippen LogP contribution is -2.40. The summed E-state index contributed by atoms with van der Waals surface area (Å²) in [6, 6.07) is 13.0. The normalized spacial score (nSPS) is 13.6. The number of hydrogen-bond acceptors (Lipinski definition) is 4.